The van der Waals surface area contributed by atoms with Crippen LogP contribution in [0.5, 0.6) is 0 Å². The molecule has 5 aromatic rings. The predicted octanol–water partition coefficient (Wildman–Crippen LogP) is 6.87. The van der Waals surface area contributed by atoms with Gasteiger partial charge in [0.2, 0.25) is 0 Å². The van der Waals surface area contributed by atoms with Gasteiger partial charge < -0.3 is 9.47 Å². The first-order valence-corrected chi connectivity index (χ1v) is 11.1. The molecule has 0 saturated carbocycles. The summed E-state index contributed by atoms with van der Waals surface area (Å²) in [4.78, 5) is 26.0. The van der Waals surface area contributed by atoms with E-state index in [2.05, 4.69) is 24.3 Å². The lowest BCUT2D eigenvalue weighted by Crippen LogP contribution is -2.11. The second-order valence-electron chi connectivity index (χ2n) is 8.05. The standard InChI is InChI=1S/C28H24O4/c1-3-15-31-27(29)22-13-11-20-18-9-5-7-17-8-6-10-19(24(17)18)21-12-14-23(26(22)25(20)21)28(30)32-16-4-2/h5-14H,3-4,15-16H2,1-2H3. The van der Waals surface area contributed by atoms with E-state index < -0.39 is 11.9 Å². The molecule has 160 valence electrons. The fraction of sp³-hybridized carbons (Fsp3) is 0.214. The van der Waals surface area contributed by atoms with E-state index >= 15 is 0 Å². The van der Waals surface area contributed by atoms with Crippen LogP contribution in [0.15, 0.2) is 60.7 Å². The number of rotatable bonds is 6. The number of carbonyl (C=O) groups is 2. The highest BCUT2D eigenvalue weighted by molar-refractivity contribution is 6.35. The molecule has 4 nitrogen and oxygen atoms in total. The van der Waals surface area contributed by atoms with Crippen molar-refractivity contribution in [3.8, 4) is 0 Å². The minimum absolute atomic E-state index is 0.333. The van der Waals surface area contributed by atoms with Crippen LogP contribution in [-0.2, 0) is 9.47 Å². The Labute approximate surface area is 186 Å². The molecule has 0 aromatic heterocycles. The van der Waals surface area contributed by atoms with E-state index in [0.29, 0.717) is 29.7 Å². The minimum atomic E-state index is -0.419. The summed E-state index contributed by atoms with van der Waals surface area (Å²) in [7, 11) is 0. The van der Waals surface area contributed by atoms with E-state index in [1.807, 2.05) is 38.1 Å². The molecule has 0 fully saturated rings. The summed E-state index contributed by atoms with van der Waals surface area (Å²) < 4.78 is 10.9. The van der Waals surface area contributed by atoms with Crippen LogP contribution < -0.4 is 0 Å². The molecule has 0 aliphatic heterocycles. The Morgan fingerprint density at radius 2 is 1.06 bits per heavy atom. The lowest BCUT2D eigenvalue weighted by Gasteiger charge is -2.18. The Bertz CT molecular complexity index is 1380. The number of benzene rings is 5. The van der Waals surface area contributed by atoms with Crippen molar-refractivity contribution >= 4 is 55.0 Å². The molecule has 0 saturated heterocycles. The highest BCUT2D eigenvalue weighted by Gasteiger charge is 2.23. The van der Waals surface area contributed by atoms with Gasteiger partial charge in [0.15, 0.2) is 0 Å². The maximum absolute atomic E-state index is 13.0. The third-order valence-corrected chi connectivity index (χ3v) is 5.96. The molecule has 0 bridgehead atoms. The molecule has 5 rings (SSSR count). The highest BCUT2D eigenvalue weighted by atomic mass is 16.5. The van der Waals surface area contributed by atoms with Crippen LogP contribution >= 0.6 is 0 Å². The molecule has 0 aliphatic rings. The van der Waals surface area contributed by atoms with Crippen molar-refractivity contribution < 1.29 is 19.1 Å². The van der Waals surface area contributed by atoms with Gasteiger partial charge in [0.25, 0.3) is 0 Å². The van der Waals surface area contributed by atoms with E-state index in [1.165, 1.54) is 5.39 Å². The monoisotopic (exact) mass is 424 g/mol. The first-order valence-electron chi connectivity index (χ1n) is 11.1. The molecule has 0 atom stereocenters. The summed E-state index contributed by atoms with van der Waals surface area (Å²) in [6.45, 7) is 4.57. The number of carbonyl (C=O) groups excluding carboxylic acids is 2. The first-order chi connectivity index (χ1) is 15.7. The van der Waals surface area contributed by atoms with E-state index in [-0.39, 0.29) is 0 Å². The van der Waals surface area contributed by atoms with Crippen LogP contribution in [0.25, 0.3) is 43.1 Å². The van der Waals surface area contributed by atoms with Crippen molar-refractivity contribution in [2.75, 3.05) is 13.2 Å². The van der Waals surface area contributed by atoms with Crippen LogP contribution in [0, 0.1) is 0 Å². The Balaban J connectivity index is 1.92. The SMILES string of the molecule is CCCOC(=O)c1ccc2c3cccc4cccc(c5ccc(C(=O)OCCC)c1c25)c43. The van der Waals surface area contributed by atoms with Gasteiger partial charge in [0, 0.05) is 5.39 Å². The molecule has 0 radical (unpaired) electrons. The molecule has 5 aromatic carbocycles. The lowest BCUT2D eigenvalue weighted by molar-refractivity contribution is 0.0506. The van der Waals surface area contributed by atoms with E-state index in [4.69, 9.17) is 9.47 Å². The van der Waals surface area contributed by atoms with E-state index in [0.717, 1.165) is 45.2 Å². The van der Waals surface area contributed by atoms with Gasteiger partial charge in [-0.15, -0.1) is 0 Å². The number of ether oxygens (including phenoxy) is 2. The second kappa shape index (κ2) is 8.12. The van der Waals surface area contributed by atoms with Crippen molar-refractivity contribution in [3.63, 3.8) is 0 Å². The number of esters is 2. The molecule has 0 spiro atoms. The van der Waals surface area contributed by atoms with Gasteiger partial charge >= 0.3 is 11.9 Å². The van der Waals surface area contributed by atoms with Crippen molar-refractivity contribution in [2.24, 2.45) is 0 Å². The molecule has 0 unspecified atom stereocenters. The average Bonchev–Trinajstić information content (AvgIpc) is 2.83. The van der Waals surface area contributed by atoms with Crippen LogP contribution in [0.2, 0.25) is 0 Å². The van der Waals surface area contributed by atoms with Gasteiger partial charge in [-0.05, 0) is 62.7 Å². The van der Waals surface area contributed by atoms with Gasteiger partial charge in [-0.3, -0.25) is 0 Å². The summed E-state index contributed by atoms with van der Waals surface area (Å²) in [5.74, 6) is -0.839. The van der Waals surface area contributed by atoms with Crippen LogP contribution in [0.4, 0.5) is 0 Å². The summed E-state index contributed by atoms with van der Waals surface area (Å²) >= 11 is 0. The number of fused-ring (bicyclic) bond motifs is 2. The number of hydrogen-bond acceptors (Lipinski definition) is 4. The van der Waals surface area contributed by atoms with Crippen molar-refractivity contribution in [3.05, 3.63) is 71.8 Å². The maximum atomic E-state index is 13.0. The molecular formula is C28H24O4. The first kappa shape index (κ1) is 20.3. The fourth-order valence-electron chi connectivity index (χ4n) is 4.62. The molecule has 0 N–H and O–H groups in total. The zero-order valence-corrected chi connectivity index (χ0v) is 18.2. The third kappa shape index (κ3) is 3.06. The largest absolute Gasteiger partial charge is 0.462 e. The van der Waals surface area contributed by atoms with Crippen LogP contribution in [0.1, 0.15) is 47.4 Å². The molecule has 4 heteroatoms. The van der Waals surface area contributed by atoms with Crippen molar-refractivity contribution in [1.29, 1.82) is 0 Å². The average molecular weight is 424 g/mol. The maximum Gasteiger partial charge on any atom is 0.338 e. The van der Waals surface area contributed by atoms with E-state index in [1.54, 1.807) is 12.1 Å². The van der Waals surface area contributed by atoms with Gasteiger partial charge in [-0.1, -0.05) is 62.4 Å². The summed E-state index contributed by atoms with van der Waals surface area (Å²) in [6, 6.07) is 20.0. The topological polar surface area (TPSA) is 52.6 Å². The predicted molar refractivity (Wildman–Crippen MR) is 129 cm³/mol. The van der Waals surface area contributed by atoms with Gasteiger partial charge in [-0.2, -0.15) is 0 Å². The lowest BCUT2D eigenvalue weighted by atomic mass is 9.86. The molecule has 32 heavy (non-hydrogen) atoms. The Morgan fingerprint density at radius 3 is 1.53 bits per heavy atom. The van der Waals surface area contributed by atoms with E-state index in [9.17, 15) is 9.59 Å². The Hall–Kier alpha value is -3.66. The summed E-state index contributed by atoms with van der Waals surface area (Å²) in [6.07, 6.45) is 1.46. The minimum Gasteiger partial charge on any atom is -0.462 e. The Kier molecular flexibility index (Phi) is 5.14. The quantitative estimate of drug-likeness (QED) is 0.170. The van der Waals surface area contributed by atoms with Crippen molar-refractivity contribution in [1.82, 2.24) is 0 Å². The fourth-order valence-corrected chi connectivity index (χ4v) is 4.62. The number of hydrogen-bond donors (Lipinski definition) is 0. The van der Waals surface area contributed by atoms with Crippen molar-refractivity contribution in [2.45, 2.75) is 26.7 Å². The van der Waals surface area contributed by atoms with Crippen LogP contribution in [0.3, 0.4) is 0 Å². The molecular weight excluding hydrogens is 400 g/mol. The van der Waals surface area contributed by atoms with Gasteiger partial charge in [0.1, 0.15) is 0 Å². The second-order valence-corrected chi connectivity index (χ2v) is 8.05. The summed E-state index contributed by atoms with van der Waals surface area (Å²) in [5, 5.41) is 8.07. The highest BCUT2D eigenvalue weighted by Crippen LogP contribution is 2.42. The van der Waals surface area contributed by atoms with Gasteiger partial charge in [0.05, 0.1) is 24.3 Å². The van der Waals surface area contributed by atoms with Crippen LogP contribution in [-0.4, -0.2) is 25.2 Å². The smallest absolute Gasteiger partial charge is 0.338 e. The zero-order chi connectivity index (χ0) is 22.2. The molecule has 0 amide bonds. The summed E-state index contributed by atoms with van der Waals surface area (Å²) in [5.41, 5.74) is 0.795. The van der Waals surface area contributed by atoms with Gasteiger partial charge in [-0.25, -0.2) is 9.59 Å². The zero-order valence-electron chi connectivity index (χ0n) is 18.2. The molecule has 0 aliphatic carbocycles. The normalized spacial score (nSPS) is 11.6. The molecule has 0 heterocycles. The Morgan fingerprint density at radius 1 is 0.594 bits per heavy atom. The third-order valence-electron chi connectivity index (χ3n) is 5.96.